The van der Waals surface area contributed by atoms with E-state index in [2.05, 4.69) is 21.2 Å². The lowest BCUT2D eigenvalue weighted by atomic mass is 10.1. The third-order valence-electron chi connectivity index (χ3n) is 4.90. The average Bonchev–Trinajstić information content (AvgIpc) is 2.84. The van der Waals surface area contributed by atoms with Gasteiger partial charge in [0.25, 0.3) is 5.91 Å². The molecule has 0 fully saturated rings. The van der Waals surface area contributed by atoms with Crippen LogP contribution in [0.25, 0.3) is 11.0 Å². The van der Waals surface area contributed by atoms with Gasteiger partial charge >= 0.3 is 11.6 Å². The molecule has 1 heterocycles. The molecule has 0 saturated carbocycles. The van der Waals surface area contributed by atoms with Gasteiger partial charge in [-0.05, 0) is 54.4 Å². The summed E-state index contributed by atoms with van der Waals surface area (Å²) < 4.78 is 16.9. The maximum Gasteiger partial charge on any atom is 0.349 e. The van der Waals surface area contributed by atoms with Crippen LogP contribution in [0.1, 0.15) is 15.9 Å². The van der Waals surface area contributed by atoms with Gasteiger partial charge in [-0.3, -0.25) is 4.79 Å². The Kier molecular flexibility index (Phi) is 7.39. The molecular weight excluding hydrogens is 502 g/mol. The summed E-state index contributed by atoms with van der Waals surface area (Å²) in [5.41, 5.74) is 0.419. The number of carbonyl (C=O) groups excluding carboxylic acids is 2. The zero-order valence-electron chi connectivity index (χ0n) is 18.0. The van der Waals surface area contributed by atoms with Gasteiger partial charge in [0.2, 0.25) is 0 Å². The Hall–Kier alpha value is -3.91. The SMILES string of the molecule is O=C(COc1ccc(Br)cc1)Oc1ccc2cc(C(=O)NCCc3ccccc3)c(=O)oc2c1. The molecular formula is C26H20BrNO6. The Balaban J connectivity index is 1.37. The molecule has 1 aromatic heterocycles. The zero-order valence-corrected chi connectivity index (χ0v) is 19.5. The highest BCUT2D eigenvalue weighted by atomic mass is 79.9. The van der Waals surface area contributed by atoms with E-state index in [1.165, 1.54) is 12.1 Å². The summed E-state index contributed by atoms with van der Waals surface area (Å²) in [6.07, 6.45) is 0.645. The first kappa shape index (κ1) is 23.3. The van der Waals surface area contributed by atoms with Crippen LogP contribution in [0.15, 0.2) is 92.5 Å². The first-order valence-corrected chi connectivity index (χ1v) is 11.3. The molecule has 0 radical (unpaired) electrons. The van der Waals surface area contributed by atoms with Crippen molar-refractivity contribution in [3.63, 3.8) is 0 Å². The van der Waals surface area contributed by atoms with Gasteiger partial charge in [0.15, 0.2) is 6.61 Å². The van der Waals surface area contributed by atoms with Crippen LogP contribution in [0, 0.1) is 0 Å². The van der Waals surface area contributed by atoms with E-state index in [9.17, 15) is 14.4 Å². The summed E-state index contributed by atoms with van der Waals surface area (Å²) in [5, 5.41) is 3.26. The smallest absolute Gasteiger partial charge is 0.349 e. The minimum atomic E-state index is -0.772. The molecule has 0 aliphatic rings. The van der Waals surface area contributed by atoms with E-state index in [0.717, 1.165) is 10.0 Å². The van der Waals surface area contributed by atoms with E-state index in [4.69, 9.17) is 13.9 Å². The highest BCUT2D eigenvalue weighted by Crippen LogP contribution is 2.21. The van der Waals surface area contributed by atoms with E-state index in [1.807, 2.05) is 30.3 Å². The number of rotatable bonds is 8. The molecule has 4 rings (SSSR count). The lowest BCUT2D eigenvalue weighted by Crippen LogP contribution is -2.29. The number of carbonyl (C=O) groups is 2. The molecule has 4 aromatic rings. The topological polar surface area (TPSA) is 94.8 Å². The van der Waals surface area contributed by atoms with Crippen molar-refractivity contribution in [2.24, 2.45) is 0 Å². The fourth-order valence-corrected chi connectivity index (χ4v) is 3.47. The molecule has 34 heavy (non-hydrogen) atoms. The van der Waals surface area contributed by atoms with E-state index >= 15 is 0 Å². The lowest BCUT2D eigenvalue weighted by molar-refractivity contribution is -0.136. The number of hydrogen-bond acceptors (Lipinski definition) is 6. The highest BCUT2D eigenvalue weighted by molar-refractivity contribution is 9.10. The van der Waals surface area contributed by atoms with Crippen LogP contribution >= 0.6 is 15.9 Å². The largest absolute Gasteiger partial charge is 0.482 e. The van der Waals surface area contributed by atoms with E-state index in [1.54, 1.807) is 36.4 Å². The summed E-state index contributed by atoms with van der Waals surface area (Å²) in [7, 11) is 0. The maximum absolute atomic E-state index is 12.5. The van der Waals surface area contributed by atoms with Crippen molar-refractivity contribution in [2.75, 3.05) is 13.2 Å². The van der Waals surface area contributed by atoms with Crippen LogP contribution in [0.5, 0.6) is 11.5 Å². The first-order valence-electron chi connectivity index (χ1n) is 10.5. The molecule has 0 spiro atoms. The number of amides is 1. The molecule has 0 bridgehead atoms. The third kappa shape index (κ3) is 6.11. The zero-order chi connectivity index (χ0) is 23.9. The molecule has 1 amide bonds. The van der Waals surface area contributed by atoms with Gasteiger partial charge in [0, 0.05) is 22.5 Å². The van der Waals surface area contributed by atoms with Gasteiger partial charge < -0.3 is 19.2 Å². The minimum absolute atomic E-state index is 0.0896. The Morgan fingerprint density at radius 2 is 1.65 bits per heavy atom. The average molecular weight is 522 g/mol. The predicted octanol–water partition coefficient (Wildman–Crippen LogP) is 4.51. The van der Waals surface area contributed by atoms with Crippen LogP contribution in [0.3, 0.4) is 0 Å². The van der Waals surface area contributed by atoms with Crippen LogP contribution in [0.4, 0.5) is 0 Å². The molecule has 172 valence electrons. The highest BCUT2D eigenvalue weighted by Gasteiger charge is 2.15. The minimum Gasteiger partial charge on any atom is -0.482 e. The molecule has 0 saturated heterocycles. The Labute approximate surface area is 203 Å². The summed E-state index contributed by atoms with van der Waals surface area (Å²) in [6.45, 7) is 0.100. The van der Waals surface area contributed by atoms with Gasteiger partial charge in [0.05, 0.1) is 0 Å². The maximum atomic E-state index is 12.5. The second-order valence-corrected chi connectivity index (χ2v) is 8.27. The summed E-state index contributed by atoms with van der Waals surface area (Å²) in [5.74, 6) is -0.398. The monoisotopic (exact) mass is 521 g/mol. The number of ether oxygens (including phenoxy) is 2. The molecule has 0 unspecified atom stereocenters. The fourth-order valence-electron chi connectivity index (χ4n) is 3.21. The van der Waals surface area contributed by atoms with E-state index < -0.39 is 17.5 Å². The Morgan fingerprint density at radius 1 is 0.912 bits per heavy atom. The van der Waals surface area contributed by atoms with Gasteiger partial charge in [-0.25, -0.2) is 9.59 Å². The fraction of sp³-hybridized carbons (Fsp3) is 0.115. The third-order valence-corrected chi connectivity index (χ3v) is 5.42. The molecule has 8 heteroatoms. The molecule has 3 aromatic carbocycles. The Morgan fingerprint density at radius 3 is 2.41 bits per heavy atom. The number of hydrogen-bond donors (Lipinski definition) is 1. The molecule has 0 aliphatic heterocycles. The first-order chi connectivity index (χ1) is 16.5. The van der Waals surface area contributed by atoms with Crippen molar-refractivity contribution in [3.05, 3.63) is 105 Å². The van der Waals surface area contributed by atoms with Crippen molar-refractivity contribution >= 4 is 38.8 Å². The standard InChI is InChI=1S/C26H20BrNO6/c27-19-7-10-20(11-8-19)32-16-24(29)33-21-9-6-18-14-22(26(31)34-23(18)15-21)25(30)28-13-12-17-4-2-1-3-5-17/h1-11,14-15H,12-13,16H2,(H,28,30). The van der Waals surface area contributed by atoms with Crippen LogP contribution in [0.2, 0.25) is 0 Å². The van der Waals surface area contributed by atoms with Crippen LogP contribution < -0.4 is 20.4 Å². The van der Waals surface area contributed by atoms with E-state index in [0.29, 0.717) is 24.1 Å². The quantitative estimate of drug-likeness (QED) is 0.208. The van der Waals surface area contributed by atoms with Gasteiger partial charge in [-0.1, -0.05) is 46.3 Å². The van der Waals surface area contributed by atoms with Gasteiger partial charge in [-0.15, -0.1) is 0 Å². The van der Waals surface area contributed by atoms with E-state index in [-0.39, 0.29) is 23.5 Å². The number of esters is 1. The summed E-state index contributed by atoms with van der Waals surface area (Å²) >= 11 is 3.33. The van der Waals surface area contributed by atoms with Gasteiger partial charge in [0.1, 0.15) is 22.6 Å². The normalized spacial score (nSPS) is 10.6. The van der Waals surface area contributed by atoms with Crippen molar-refractivity contribution in [1.82, 2.24) is 5.32 Å². The second-order valence-electron chi connectivity index (χ2n) is 7.36. The lowest BCUT2D eigenvalue weighted by Gasteiger charge is -2.08. The number of benzene rings is 3. The van der Waals surface area contributed by atoms with Gasteiger partial charge in [-0.2, -0.15) is 0 Å². The second kappa shape index (κ2) is 10.8. The predicted molar refractivity (Wildman–Crippen MR) is 130 cm³/mol. The van der Waals surface area contributed by atoms with Crippen molar-refractivity contribution in [2.45, 2.75) is 6.42 Å². The number of halogens is 1. The van der Waals surface area contributed by atoms with Crippen molar-refractivity contribution in [1.29, 1.82) is 0 Å². The number of nitrogens with one attached hydrogen (secondary N) is 1. The van der Waals surface area contributed by atoms with Crippen molar-refractivity contribution < 1.29 is 23.5 Å². The summed E-state index contributed by atoms with van der Waals surface area (Å²) in [6, 6.07) is 22.8. The molecule has 1 N–H and O–H groups in total. The summed E-state index contributed by atoms with van der Waals surface area (Å²) in [4.78, 5) is 36.9. The molecule has 0 aliphatic carbocycles. The van der Waals surface area contributed by atoms with Crippen LogP contribution in [-0.2, 0) is 11.2 Å². The molecule has 7 nitrogen and oxygen atoms in total. The Bertz CT molecular complexity index is 1370. The number of fused-ring (bicyclic) bond motifs is 1. The van der Waals surface area contributed by atoms with Crippen molar-refractivity contribution in [3.8, 4) is 11.5 Å². The molecule has 0 atom stereocenters. The van der Waals surface area contributed by atoms with Crippen LogP contribution in [-0.4, -0.2) is 25.0 Å².